The van der Waals surface area contributed by atoms with E-state index in [-0.39, 0.29) is 11.3 Å². The highest BCUT2D eigenvalue weighted by molar-refractivity contribution is 5.92. The van der Waals surface area contributed by atoms with Gasteiger partial charge >= 0.3 is 11.9 Å². The number of hydrogen-bond acceptors (Lipinski definition) is 8. The third kappa shape index (κ3) is 10.5. The third-order valence-corrected chi connectivity index (χ3v) is 10.2. The molecular formula is C46H54O8. The van der Waals surface area contributed by atoms with Gasteiger partial charge in [-0.05, 0) is 114 Å². The lowest BCUT2D eigenvalue weighted by Crippen LogP contribution is -2.43. The number of esters is 2. The molecule has 4 aromatic rings. The summed E-state index contributed by atoms with van der Waals surface area (Å²) in [6.07, 6.45) is 10.4. The number of carbonyl (C=O) groups excluding carboxylic acids is 2. The van der Waals surface area contributed by atoms with Crippen LogP contribution in [-0.2, 0) is 9.47 Å². The van der Waals surface area contributed by atoms with Crippen LogP contribution in [0.4, 0.5) is 0 Å². The van der Waals surface area contributed by atoms with Gasteiger partial charge in [-0.3, -0.25) is 0 Å². The van der Waals surface area contributed by atoms with Gasteiger partial charge in [0.2, 0.25) is 0 Å². The average molecular weight is 735 g/mol. The first-order valence-corrected chi connectivity index (χ1v) is 19.7. The molecule has 2 aliphatic rings. The lowest BCUT2D eigenvalue weighted by Gasteiger charge is -2.37. The van der Waals surface area contributed by atoms with E-state index >= 15 is 0 Å². The van der Waals surface area contributed by atoms with Gasteiger partial charge in [-0.1, -0.05) is 71.4 Å². The van der Waals surface area contributed by atoms with Crippen LogP contribution in [0, 0.1) is 5.41 Å². The number of carbonyl (C=O) groups is 2. The van der Waals surface area contributed by atoms with Gasteiger partial charge in [-0.15, -0.1) is 0 Å². The molecule has 0 radical (unpaired) electrons. The first kappa shape index (κ1) is 39.0. The summed E-state index contributed by atoms with van der Waals surface area (Å²) in [5.41, 5.74) is 5.31. The van der Waals surface area contributed by atoms with E-state index < -0.39 is 11.9 Å². The largest absolute Gasteiger partial charge is 0.494 e. The maximum absolute atomic E-state index is 13.0. The van der Waals surface area contributed by atoms with Crippen LogP contribution >= 0.6 is 0 Å². The molecule has 1 saturated heterocycles. The first-order chi connectivity index (χ1) is 26.3. The van der Waals surface area contributed by atoms with Crippen molar-refractivity contribution in [1.82, 2.24) is 0 Å². The Morgan fingerprint density at radius 3 is 1.54 bits per heavy atom. The molecule has 54 heavy (non-hydrogen) atoms. The summed E-state index contributed by atoms with van der Waals surface area (Å²) in [4.78, 5) is 26.0. The van der Waals surface area contributed by atoms with Crippen molar-refractivity contribution in [3.63, 3.8) is 0 Å². The molecule has 1 aliphatic heterocycles. The monoisotopic (exact) mass is 734 g/mol. The van der Waals surface area contributed by atoms with Gasteiger partial charge in [0.05, 0.1) is 44.2 Å². The van der Waals surface area contributed by atoms with Gasteiger partial charge in [0.1, 0.15) is 23.0 Å². The number of fused-ring (bicyclic) bond motifs is 3. The quantitative estimate of drug-likeness (QED) is 0.0475. The topological polar surface area (TPSA) is 89.5 Å². The Morgan fingerprint density at radius 1 is 0.611 bits per heavy atom. The number of unbranched alkanes of at least 4 members (excludes halogenated alkanes) is 7. The third-order valence-electron chi connectivity index (χ3n) is 10.2. The van der Waals surface area contributed by atoms with E-state index in [0.29, 0.717) is 48.2 Å². The summed E-state index contributed by atoms with van der Waals surface area (Å²) in [6.45, 7) is 10.8. The Balaban J connectivity index is 0.943. The molecule has 0 amide bonds. The summed E-state index contributed by atoms with van der Waals surface area (Å²) in [5.74, 6) is 1.58. The van der Waals surface area contributed by atoms with Crippen molar-refractivity contribution in [2.75, 3.05) is 39.6 Å². The maximum Gasteiger partial charge on any atom is 0.343 e. The van der Waals surface area contributed by atoms with Crippen LogP contribution in [0.1, 0.15) is 116 Å². The van der Waals surface area contributed by atoms with E-state index in [9.17, 15) is 9.59 Å². The molecule has 1 fully saturated rings. The van der Waals surface area contributed by atoms with Crippen LogP contribution in [0.3, 0.4) is 0 Å². The molecule has 0 saturated carbocycles. The molecular weight excluding hydrogens is 680 g/mol. The lowest BCUT2D eigenvalue weighted by atomic mass is 9.90. The second-order valence-electron chi connectivity index (χ2n) is 14.9. The Bertz CT molecular complexity index is 1830. The highest BCUT2D eigenvalue weighted by Crippen LogP contribution is 2.47. The molecule has 1 unspecified atom stereocenters. The van der Waals surface area contributed by atoms with Crippen molar-refractivity contribution in [3.05, 3.63) is 107 Å². The zero-order chi connectivity index (χ0) is 37.8. The van der Waals surface area contributed by atoms with Crippen LogP contribution in [0.5, 0.6) is 23.0 Å². The molecule has 1 aliphatic carbocycles. The van der Waals surface area contributed by atoms with Crippen molar-refractivity contribution >= 4 is 11.9 Å². The highest BCUT2D eigenvalue weighted by Gasteiger charge is 2.33. The average Bonchev–Trinajstić information content (AvgIpc) is 3.45. The van der Waals surface area contributed by atoms with Gasteiger partial charge in [-0.2, -0.15) is 0 Å². The van der Waals surface area contributed by atoms with Crippen molar-refractivity contribution in [3.8, 4) is 34.1 Å². The summed E-state index contributed by atoms with van der Waals surface area (Å²) >= 11 is 0. The summed E-state index contributed by atoms with van der Waals surface area (Å²) in [6, 6.07) is 25.6. The highest BCUT2D eigenvalue weighted by atomic mass is 16.5. The lowest BCUT2D eigenvalue weighted by molar-refractivity contribution is -0.138. The van der Waals surface area contributed by atoms with Crippen LogP contribution in [0.2, 0.25) is 0 Å². The Hall–Kier alpha value is -4.66. The van der Waals surface area contributed by atoms with E-state index in [4.69, 9.17) is 28.4 Å². The summed E-state index contributed by atoms with van der Waals surface area (Å²) < 4.78 is 34.4. The second kappa shape index (κ2) is 19.1. The van der Waals surface area contributed by atoms with Gasteiger partial charge in [0.25, 0.3) is 0 Å². The Kier molecular flexibility index (Phi) is 13.8. The van der Waals surface area contributed by atoms with Crippen LogP contribution in [0.25, 0.3) is 11.1 Å². The molecule has 8 heteroatoms. The van der Waals surface area contributed by atoms with E-state index in [1.165, 1.54) is 38.5 Å². The molecule has 1 atom stereocenters. The molecule has 0 spiro atoms. The van der Waals surface area contributed by atoms with Crippen molar-refractivity contribution in [1.29, 1.82) is 0 Å². The molecule has 286 valence electrons. The van der Waals surface area contributed by atoms with E-state index in [1.54, 1.807) is 36.4 Å². The number of rotatable bonds is 21. The zero-order valence-electron chi connectivity index (χ0n) is 32.0. The van der Waals surface area contributed by atoms with Gasteiger partial charge in [0, 0.05) is 17.9 Å². The van der Waals surface area contributed by atoms with E-state index in [0.717, 1.165) is 67.1 Å². The number of ether oxygens (including phenoxy) is 6. The van der Waals surface area contributed by atoms with Crippen LogP contribution in [-0.4, -0.2) is 51.6 Å². The molecule has 6 rings (SSSR count). The SMILES string of the molecule is CCCCCCCCCOc1ccc(C(=O)Oc2ccc3c(c2)C(C)c2cc(OC(=O)c4ccc(OCCCCOCC5(C)COC5)cc4)ccc2-3)cc1. The van der Waals surface area contributed by atoms with Crippen LogP contribution in [0.15, 0.2) is 84.9 Å². The second-order valence-corrected chi connectivity index (χ2v) is 14.9. The minimum atomic E-state index is -0.436. The molecule has 0 bridgehead atoms. The van der Waals surface area contributed by atoms with Gasteiger partial charge < -0.3 is 28.4 Å². The van der Waals surface area contributed by atoms with E-state index in [2.05, 4.69) is 20.8 Å². The maximum atomic E-state index is 13.0. The number of benzene rings is 4. The molecule has 1 heterocycles. The van der Waals surface area contributed by atoms with Crippen molar-refractivity contribution < 1.29 is 38.0 Å². The number of hydrogen-bond donors (Lipinski definition) is 0. The molecule has 8 nitrogen and oxygen atoms in total. The summed E-state index contributed by atoms with van der Waals surface area (Å²) in [5, 5.41) is 0. The van der Waals surface area contributed by atoms with Gasteiger partial charge in [-0.25, -0.2) is 9.59 Å². The van der Waals surface area contributed by atoms with Gasteiger partial charge in [0.15, 0.2) is 0 Å². The normalized spacial score (nSPS) is 15.1. The van der Waals surface area contributed by atoms with Crippen LogP contribution < -0.4 is 18.9 Å². The fourth-order valence-electron chi connectivity index (χ4n) is 6.89. The minimum Gasteiger partial charge on any atom is -0.494 e. The Morgan fingerprint density at radius 2 is 1.06 bits per heavy atom. The molecule has 0 aromatic heterocycles. The summed E-state index contributed by atoms with van der Waals surface area (Å²) in [7, 11) is 0. The fourth-order valence-corrected chi connectivity index (χ4v) is 6.89. The Labute approximate surface area is 320 Å². The predicted octanol–water partition coefficient (Wildman–Crippen LogP) is 10.6. The minimum absolute atomic E-state index is 0.0173. The van der Waals surface area contributed by atoms with E-state index in [1.807, 2.05) is 48.5 Å². The van der Waals surface area contributed by atoms with Crippen molar-refractivity contribution in [2.24, 2.45) is 5.41 Å². The standard InChI is InChI=1S/C46H54O8/c1-4-5-6-7-8-9-10-26-51-36-17-13-34(14-18-36)44(47)53-38-21-23-40-41-24-22-39(29-43(41)33(2)42(40)28-38)54-45(48)35-15-19-37(20-16-35)52-27-12-11-25-49-30-46(3)31-50-32-46/h13-24,28-29,33H,4-12,25-27,30-32H2,1-3H3. The molecule has 4 aromatic carbocycles. The zero-order valence-corrected chi connectivity index (χ0v) is 32.0. The molecule has 0 N–H and O–H groups in total. The first-order valence-electron chi connectivity index (χ1n) is 19.7. The fraction of sp³-hybridized carbons (Fsp3) is 0.435. The predicted molar refractivity (Wildman–Crippen MR) is 210 cm³/mol. The van der Waals surface area contributed by atoms with Crippen molar-refractivity contribution in [2.45, 2.75) is 84.5 Å². The smallest absolute Gasteiger partial charge is 0.343 e.